The summed E-state index contributed by atoms with van der Waals surface area (Å²) in [6.07, 6.45) is 7.37. The Morgan fingerprint density at radius 3 is 2.57 bits per heavy atom. The van der Waals surface area contributed by atoms with Gasteiger partial charge in [0, 0.05) is 61.8 Å². The van der Waals surface area contributed by atoms with Gasteiger partial charge in [-0.3, -0.25) is 15.1 Å². The van der Waals surface area contributed by atoms with Crippen LogP contribution in [0.4, 0.5) is 11.4 Å². The zero-order chi connectivity index (χ0) is 19.7. The Bertz CT molecular complexity index is 1010. The highest BCUT2D eigenvalue weighted by Gasteiger charge is 2.16. The van der Waals surface area contributed by atoms with E-state index in [0.717, 1.165) is 48.6 Å². The molecule has 0 spiro atoms. The van der Waals surface area contributed by atoms with Crippen molar-refractivity contribution in [1.82, 2.24) is 19.7 Å². The fourth-order valence-electron chi connectivity index (χ4n) is 3.39. The molecular formula is C20H22N6O2. The van der Waals surface area contributed by atoms with Gasteiger partial charge in [-0.1, -0.05) is 6.07 Å². The fourth-order valence-corrected chi connectivity index (χ4v) is 3.39. The van der Waals surface area contributed by atoms with E-state index < -0.39 is 4.92 Å². The van der Waals surface area contributed by atoms with Gasteiger partial charge in [-0.05, 0) is 25.6 Å². The van der Waals surface area contributed by atoms with E-state index in [9.17, 15) is 10.1 Å². The number of non-ortho nitro benzene ring substituents is 1. The lowest BCUT2D eigenvalue weighted by Crippen LogP contribution is -2.44. The Balaban J connectivity index is 1.62. The molecule has 2 aromatic heterocycles. The summed E-state index contributed by atoms with van der Waals surface area (Å²) in [6.45, 7) is 5.94. The molecule has 1 saturated heterocycles. The molecule has 1 aromatic carbocycles. The molecule has 0 saturated carbocycles. The molecule has 144 valence electrons. The first-order valence-corrected chi connectivity index (χ1v) is 9.20. The summed E-state index contributed by atoms with van der Waals surface area (Å²) < 4.78 is 1.68. The molecule has 1 fully saturated rings. The summed E-state index contributed by atoms with van der Waals surface area (Å²) in [5.74, 6) is 0. The van der Waals surface area contributed by atoms with Crippen molar-refractivity contribution in [3.8, 4) is 16.8 Å². The van der Waals surface area contributed by atoms with Crippen LogP contribution in [0.1, 0.15) is 5.56 Å². The monoisotopic (exact) mass is 378 g/mol. The highest BCUT2D eigenvalue weighted by Crippen LogP contribution is 2.26. The first kappa shape index (κ1) is 18.1. The van der Waals surface area contributed by atoms with E-state index in [1.54, 1.807) is 23.0 Å². The minimum absolute atomic E-state index is 0.0522. The third-order valence-electron chi connectivity index (χ3n) is 5.16. The molecule has 4 rings (SSSR count). The Morgan fingerprint density at radius 2 is 1.82 bits per heavy atom. The maximum atomic E-state index is 11.1. The summed E-state index contributed by atoms with van der Waals surface area (Å²) >= 11 is 0. The molecule has 8 nitrogen and oxygen atoms in total. The summed E-state index contributed by atoms with van der Waals surface area (Å²) in [7, 11) is 2.14. The second-order valence-electron chi connectivity index (χ2n) is 7.12. The van der Waals surface area contributed by atoms with Crippen LogP contribution >= 0.6 is 0 Å². The third-order valence-corrected chi connectivity index (χ3v) is 5.16. The van der Waals surface area contributed by atoms with Crippen molar-refractivity contribution >= 4 is 11.4 Å². The standard InChI is InChI=1S/C20H22N6O2/c1-15-3-4-18(26(27)28)10-20(15)25-14-17(12-22-25)16-9-19(13-21-11-16)24-7-5-23(2)6-8-24/h3-4,9-14H,5-8H2,1-2H3. The molecule has 1 aliphatic rings. The number of aryl methyl sites for hydroxylation is 1. The topological polar surface area (TPSA) is 80.3 Å². The molecule has 3 aromatic rings. The summed E-state index contributed by atoms with van der Waals surface area (Å²) in [5, 5.41) is 15.5. The summed E-state index contributed by atoms with van der Waals surface area (Å²) in [6, 6.07) is 6.92. The number of rotatable bonds is 4. The minimum Gasteiger partial charge on any atom is -0.368 e. The van der Waals surface area contributed by atoms with Crippen molar-refractivity contribution in [3.05, 3.63) is 64.7 Å². The van der Waals surface area contributed by atoms with Crippen LogP contribution in [0.3, 0.4) is 0 Å². The number of piperazine rings is 1. The van der Waals surface area contributed by atoms with Crippen LogP contribution < -0.4 is 4.90 Å². The summed E-state index contributed by atoms with van der Waals surface area (Å²) in [5.41, 5.74) is 4.68. The van der Waals surface area contributed by atoms with Gasteiger partial charge in [-0.15, -0.1) is 0 Å². The molecule has 8 heteroatoms. The van der Waals surface area contributed by atoms with E-state index in [1.807, 2.05) is 25.5 Å². The van der Waals surface area contributed by atoms with Crippen LogP contribution in [0.5, 0.6) is 0 Å². The molecule has 3 heterocycles. The van der Waals surface area contributed by atoms with Crippen LogP contribution in [0.15, 0.2) is 49.1 Å². The van der Waals surface area contributed by atoms with Gasteiger partial charge in [0.15, 0.2) is 0 Å². The van der Waals surface area contributed by atoms with Gasteiger partial charge in [-0.2, -0.15) is 5.10 Å². The number of anilines is 1. The molecule has 0 aliphatic carbocycles. The van der Waals surface area contributed by atoms with Gasteiger partial charge in [0.25, 0.3) is 5.69 Å². The van der Waals surface area contributed by atoms with E-state index in [-0.39, 0.29) is 5.69 Å². The van der Waals surface area contributed by atoms with Gasteiger partial charge < -0.3 is 9.80 Å². The molecular weight excluding hydrogens is 356 g/mol. The number of nitro benzene ring substituents is 1. The average molecular weight is 378 g/mol. The highest BCUT2D eigenvalue weighted by molar-refractivity contribution is 5.66. The third kappa shape index (κ3) is 3.59. The van der Waals surface area contributed by atoms with Crippen molar-refractivity contribution in [2.24, 2.45) is 0 Å². The quantitative estimate of drug-likeness (QED) is 0.513. The molecule has 1 aliphatic heterocycles. The molecule has 28 heavy (non-hydrogen) atoms. The first-order chi connectivity index (χ1) is 13.5. The smallest absolute Gasteiger partial charge is 0.271 e. The number of hydrogen-bond acceptors (Lipinski definition) is 6. The molecule has 0 radical (unpaired) electrons. The molecule has 0 N–H and O–H groups in total. The van der Waals surface area contributed by atoms with Crippen molar-refractivity contribution < 1.29 is 4.92 Å². The van der Waals surface area contributed by atoms with Crippen molar-refractivity contribution in [2.45, 2.75) is 6.92 Å². The number of nitrogens with zero attached hydrogens (tertiary/aromatic N) is 6. The fraction of sp³-hybridized carbons (Fsp3) is 0.300. The summed E-state index contributed by atoms with van der Waals surface area (Å²) in [4.78, 5) is 19.8. The zero-order valence-corrected chi connectivity index (χ0v) is 15.9. The Kier molecular flexibility index (Phi) is 4.79. The van der Waals surface area contributed by atoms with Crippen LogP contribution in [-0.4, -0.2) is 57.8 Å². The van der Waals surface area contributed by atoms with Crippen LogP contribution in [0.25, 0.3) is 16.8 Å². The lowest BCUT2D eigenvalue weighted by atomic mass is 10.1. The lowest BCUT2D eigenvalue weighted by molar-refractivity contribution is -0.384. The van der Waals surface area contributed by atoms with Gasteiger partial charge in [-0.25, -0.2) is 4.68 Å². The second-order valence-corrected chi connectivity index (χ2v) is 7.12. The lowest BCUT2D eigenvalue weighted by Gasteiger charge is -2.33. The average Bonchev–Trinajstić information content (AvgIpc) is 3.19. The van der Waals surface area contributed by atoms with Crippen molar-refractivity contribution in [3.63, 3.8) is 0 Å². The molecule has 0 bridgehead atoms. The van der Waals surface area contributed by atoms with Gasteiger partial charge >= 0.3 is 0 Å². The maximum Gasteiger partial charge on any atom is 0.271 e. The van der Waals surface area contributed by atoms with Crippen molar-refractivity contribution in [1.29, 1.82) is 0 Å². The van der Waals surface area contributed by atoms with Gasteiger partial charge in [0.1, 0.15) is 0 Å². The van der Waals surface area contributed by atoms with E-state index in [1.165, 1.54) is 6.07 Å². The number of aromatic nitrogens is 3. The largest absolute Gasteiger partial charge is 0.368 e. The SMILES string of the molecule is Cc1ccc([N+](=O)[O-])cc1-n1cc(-c2cncc(N3CCN(C)CC3)c2)cn1. The molecule has 0 atom stereocenters. The van der Waals surface area contributed by atoms with Crippen LogP contribution in [0.2, 0.25) is 0 Å². The van der Waals surface area contributed by atoms with Gasteiger partial charge in [0.2, 0.25) is 0 Å². The van der Waals surface area contributed by atoms with E-state index in [4.69, 9.17) is 0 Å². The number of likely N-dealkylation sites (N-methyl/N-ethyl adjacent to an activating group) is 1. The Morgan fingerprint density at radius 1 is 1.04 bits per heavy atom. The highest BCUT2D eigenvalue weighted by atomic mass is 16.6. The number of hydrogen-bond donors (Lipinski definition) is 0. The predicted molar refractivity (Wildman–Crippen MR) is 108 cm³/mol. The number of nitro groups is 1. The Hall–Kier alpha value is -3.26. The van der Waals surface area contributed by atoms with Crippen LogP contribution in [0, 0.1) is 17.0 Å². The zero-order valence-electron chi connectivity index (χ0n) is 15.9. The number of pyridine rings is 1. The van der Waals surface area contributed by atoms with E-state index >= 15 is 0 Å². The predicted octanol–water partition coefficient (Wildman–Crippen LogP) is 2.90. The second kappa shape index (κ2) is 7.40. The van der Waals surface area contributed by atoms with E-state index in [2.05, 4.69) is 33.0 Å². The molecule has 0 unspecified atom stereocenters. The normalized spacial score (nSPS) is 15.0. The van der Waals surface area contributed by atoms with Gasteiger partial charge in [0.05, 0.1) is 28.7 Å². The van der Waals surface area contributed by atoms with Crippen LogP contribution in [-0.2, 0) is 0 Å². The minimum atomic E-state index is -0.392. The first-order valence-electron chi connectivity index (χ1n) is 9.20. The molecule has 0 amide bonds. The van der Waals surface area contributed by atoms with Crippen molar-refractivity contribution in [2.75, 3.05) is 38.1 Å². The maximum absolute atomic E-state index is 11.1. The van der Waals surface area contributed by atoms with E-state index in [0.29, 0.717) is 5.69 Å². The Labute approximate surface area is 163 Å². The number of benzene rings is 1.